The molecule has 0 aliphatic heterocycles. The van der Waals surface area contributed by atoms with Gasteiger partial charge in [-0.3, -0.25) is 4.79 Å². The Kier molecular flexibility index (Phi) is 7.61. The highest BCUT2D eigenvalue weighted by atomic mass is 19.1. The van der Waals surface area contributed by atoms with Crippen molar-refractivity contribution < 1.29 is 9.18 Å². The second kappa shape index (κ2) is 9.94. The van der Waals surface area contributed by atoms with Crippen molar-refractivity contribution in [3.05, 3.63) is 71.5 Å². The highest BCUT2D eigenvalue weighted by molar-refractivity contribution is 5.76. The van der Waals surface area contributed by atoms with Crippen LogP contribution in [0.4, 0.5) is 4.39 Å². The van der Waals surface area contributed by atoms with E-state index in [0.717, 1.165) is 5.56 Å². The summed E-state index contributed by atoms with van der Waals surface area (Å²) in [5.74, 6) is -0.0357. The van der Waals surface area contributed by atoms with Crippen molar-refractivity contribution in [3.63, 3.8) is 0 Å². The van der Waals surface area contributed by atoms with Crippen LogP contribution < -0.4 is 5.32 Å². The minimum atomic E-state index is -0.172. The summed E-state index contributed by atoms with van der Waals surface area (Å²) < 4.78 is 13.5. The molecule has 0 atom stereocenters. The Morgan fingerprint density at radius 3 is 2.40 bits per heavy atom. The molecule has 0 heterocycles. The number of amides is 1. The molecule has 0 aliphatic rings. The van der Waals surface area contributed by atoms with E-state index in [1.54, 1.807) is 12.1 Å². The van der Waals surface area contributed by atoms with Crippen molar-refractivity contribution in [1.29, 1.82) is 0 Å². The zero-order chi connectivity index (χ0) is 18.1. The molecule has 2 aromatic carbocycles. The standard InChI is InChI=1S/C21H27FN2O/c1-17(2)24(16-18-8-4-3-5-9-18)21(25)13-15-23-14-12-19-10-6-7-11-20(19)22/h3-11,17,23H,12-16H2,1-2H3. The quantitative estimate of drug-likeness (QED) is 0.703. The average Bonchev–Trinajstić information content (AvgIpc) is 2.61. The zero-order valence-corrected chi connectivity index (χ0v) is 15.0. The van der Waals surface area contributed by atoms with Crippen molar-refractivity contribution in [3.8, 4) is 0 Å². The molecule has 0 saturated heterocycles. The molecule has 2 aromatic rings. The molecular weight excluding hydrogens is 315 g/mol. The van der Waals surface area contributed by atoms with Crippen LogP contribution in [0.1, 0.15) is 31.4 Å². The Balaban J connectivity index is 1.74. The number of carbonyl (C=O) groups excluding carboxylic acids is 1. The van der Waals surface area contributed by atoms with Crippen LogP contribution in [0.3, 0.4) is 0 Å². The summed E-state index contributed by atoms with van der Waals surface area (Å²) in [5.41, 5.74) is 1.84. The molecule has 0 bridgehead atoms. The topological polar surface area (TPSA) is 32.3 Å². The summed E-state index contributed by atoms with van der Waals surface area (Å²) in [4.78, 5) is 14.4. The van der Waals surface area contributed by atoms with Crippen LogP contribution in [0.2, 0.25) is 0 Å². The SMILES string of the molecule is CC(C)N(Cc1ccccc1)C(=O)CCNCCc1ccccc1F. The summed E-state index contributed by atoms with van der Waals surface area (Å²) in [6, 6.07) is 17.0. The van der Waals surface area contributed by atoms with Gasteiger partial charge >= 0.3 is 0 Å². The van der Waals surface area contributed by atoms with Gasteiger partial charge in [0.2, 0.25) is 5.91 Å². The first-order chi connectivity index (χ1) is 12.1. The van der Waals surface area contributed by atoms with Crippen molar-refractivity contribution in [2.45, 2.75) is 39.3 Å². The Morgan fingerprint density at radius 1 is 1.04 bits per heavy atom. The molecule has 0 unspecified atom stereocenters. The summed E-state index contributed by atoms with van der Waals surface area (Å²) in [6.45, 7) is 5.96. The van der Waals surface area contributed by atoms with Crippen LogP contribution >= 0.6 is 0 Å². The third-order valence-electron chi connectivity index (χ3n) is 4.18. The highest BCUT2D eigenvalue weighted by Gasteiger charge is 2.16. The first-order valence-electron chi connectivity index (χ1n) is 8.85. The van der Waals surface area contributed by atoms with Gasteiger partial charge in [0.25, 0.3) is 0 Å². The number of carbonyl (C=O) groups is 1. The van der Waals surface area contributed by atoms with Gasteiger partial charge in [-0.05, 0) is 44.0 Å². The van der Waals surface area contributed by atoms with Crippen molar-refractivity contribution in [1.82, 2.24) is 10.2 Å². The van der Waals surface area contributed by atoms with Gasteiger partial charge in [-0.2, -0.15) is 0 Å². The van der Waals surface area contributed by atoms with Crippen molar-refractivity contribution >= 4 is 5.91 Å². The Bertz CT molecular complexity index is 658. The molecular formula is C21H27FN2O. The van der Waals surface area contributed by atoms with E-state index in [2.05, 4.69) is 5.32 Å². The smallest absolute Gasteiger partial charge is 0.224 e. The van der Waals surface area contributed by atoms with Crippen LogP contribution in [0.25, 0.3) is 0 Å². The lowest BCUT2D eigenvalue weighted by atomic mass is 10.1. The molecule has 134 valence electrons. The number of rotatable bonds is 9. The average molecular weight is 342 g/mol. The number of hydrogen-bond donors (Lipinski definition) is 1. The Labute approximate surface area is 149 Å². The third kappa shape index (κ3) is 6.31. The number of halogens is 1. The van der Waals surface area contributed by atoms with E-state index in [4.69, 9.17) is 0 Å². The Morgan fingerprint density at radius 2 is 1.72 bits per heavy atom. The predicted octanol–water partition coefficient (Wildman–Crippen LogP) is 3.79. The molecule has 0 radical (unpaired) electrons. The van der Waals surface area contributed by atoms with E-state index >= 15 is 0 Å². The fourth-order valence-corrected chi connectivity index (χ4v) is 2.73. The summed E-state index contributed by atoms with van der Waals surface area (Å²) in [7, 11) is 0. The van der Waals surface area contributed by atoms with E-state index in [9.17, 15) is 9.18 Å². The summed E-state index contributed by atoms with van der Waals surface area (Å²) in [5, 5.41) is 3.24. The normalized spacial score (nSPS) is 10.9. The van der Waals surface area contributed by atoms with E-state index in [-0.39, 0.29) is 17.8 Å². The minimum absolute atomic E-state index is 0.136. The van der Waals surface area contributed by atoms with Crippen LogP contribution in [-0.4, -0.2) is 29.9 Å². The summed E-state index contributed by atoms with van der Waals surface area (Å²) in [6.07, 6.45) is 1.07. The van der Waals surface area contributed by atoms with Gasteiger partial charge in [-0.25, -0.2) is 4.39 Å². The first kappa shape index (κ1) is 19.1. The highest BCUT2D eigenvalue weighted by Crippen LogP contribution is 2.10. The lowest BCUT2D eigenvalue weighted by Gasteiger charge is -2.27. The molecule has 0 saturated carbocycles. The molecule has 0 aliphatic carbocycles. The van der Waals surface area contributed by atoms with E-state index < -0.39 is 0 Å². The van der Waals surface area contributed by atoms with Crippen molar-refractivity contribution in [2.75, 3.05) is 13.1 Å². The molecule has 0 fully saturated rings. The molecule has 3 nitrogen and oxygen atoms in total. The lowest BCUT2D eigenvalue weighted by Crippen LogP contribution is -2.38. The molecule has 0 spiro atoms. The van der Waals surface area contributed by atoms with Crippen LogP contribution in [-0.2, 0) is 17.8 Å². The van der Waals surface area contributed by atoms with Crippen LogP contribution in [0.5, 0.6) is 0 Å². The fourth-order valence-electron chi connectivity index (χ4n) is 2.73. The maximum Gasteiger partial charge on any atom is 0.224 e. The van der Waals surface area contributed by atoms with Crippen LogP contribution in [0, 0.1) is 5.82 Å². The van der Waals surface area contributed by atoms with Gasteiger partial charge in [0.05, 0.1) is 0 Å². The first-order valence-corrected chi connectivity index (χ1v) is 8.85. The predicted molar refractivity (Wildman–Crippen MR) is 99.7 cm³/mol. The maximum atomic E-state index is 13.5. The number of nitrogens with zero attached hydrogens (tertiary/aromatic N) is 1. The minimum Gasteiger partial charge on any atom is -0.336 e. The second-order valence-electron chi connectivity index (χ2n) is 6.44. The van der Waals surface area contributed by atoms with E-state index in [1.165, 1.54) is 6.07 Å². The number of hydrogen-bond acceptors (Lipinski definition) is 2. The largest absolute Gasteiger partial charge is 0.336 e. The third-order valence-corrected chi connectivity index (χ3v) is 4.18. The van der Waals surface area contributed by atoms with Gasteiger partial charge in [-0.1, -0.05) is 48.5 Å². The monoisotopic (exact) mass is 342 g/mol. The summed E-state index contributed by atoms with van der Waals surface area (Å²) >= 11 is 0. The van der Waals surface area contributed by atoms with E-state index in [0.29, 0.717) is 38.0 Å². The fraction of sp³-hybridized carbons (Fsp3) is 0.381. The number of nitrogens with one attached hydrogen (secondary N) is 1. The van der Waals surface area contributed by atoms with Gasteiger partial charge in [-0.15, -0.1) is 0 Å². The molecule has 25 heavy (non-hydrogen) atoms. The lowest BCUT2D eigenvalue weighted by molar-refractivity contribution is -0.133. The van der Waals surface area contributed by atoms with Gasteiger partial charge in [0.1, 0.15) is 5.82 Å². The maximum absolute atomic E-state index is 13.5. The van der Waals surface area contributed by atoms with E-state index in [1.807, 2.05) is 55.1 Å². The molecule has 1 amide bonds. The molecule has 4 heteroatoms. The molecule has 1 N–H and O–H groups in total. The van der Waals surface area contributed by atoms with Crippen molar-refractivity contribution in [2.24, 2.45) is 0 Å². The molecule has 0 aromatic heterocycles. The second-order valence-corrected chi connectivity index (χ2v) is 6.44. The van der Waals surface area contributed by atoms with Gasteiger partial charge in [0, 0.05) is 25.6 Å². The van der Waals surface area contributed by atoms with Crippen LogP contribution in [0.15, 0.2) is 54.6 Å². The Hall–Kier alpha value is -2.20. The number of benzene rings is 2. The van der Waals surface area contributed by atoms with Gasteiger partial charge < -0.3 is 10.2 Å². The van der Waals surface area contributed by atoms with Gasteiger partial charge in [0.15, 0.2) is 0 Å². The zero-order valence-electron chi connectivity index (χ0n) is 15.0. The molecule has 2 rings (SSSR count).